The fourth-order valence-electron chi connectivity index (χ4n) is 2.00. The minimum absolute atomic E-state index is 0.0310. The summed E-state index contributed by atoms with van der Waals surface area (Å²) in [6.07, 6.45) is 1.10. The third-order valence-electron chi connectivity index (χ3n) is 2.94. The average Bonchev–Trinajstić information content (AvgIpc) is 2.75. The summed E-state index contributed by atoms with van der Waals surface area (Å²) in [7, 11) is 0. The fourth-order valence-corrected chi connectivity index (χ4v) is 2.24. The Bertz CT molecular complexity index is 517. The van der Waals surface area contributed by atoms with Crippen molar-refractivity contribution in [2.24, 2.45) is 0 Å². The summed E-state index contributed by atoms with van der Waals surface area (Å²) in [5, 5.41) is 11.8. The molecule has 0 aliphatic carbocycles. The summed E-state index contributed by atoms with van der Waals surface area (Å²) in [5.74, 6) is -1.37. The second kappa shape index (κ2) is 5.59. The van der Waals surface area contributed by atoms with Gasteiger partial charge in [-0.15, -0.1) is 0 Å². The lowest BCUT2D eigenvalue weighted by molar-refractivity contribution is -0.126. The molecule has 1 fully saturated rings. The van der Waals surface area contributed by atoms with E-state index in [2.05, 4.69) is 5.32 Å². The van der Waals surface area contributed by atoms with E-state index in [-0.39, 0.29) is 22.6 Å². The number of halogens is 1. The number of nitrogens with one attached hydrogen (secondary N) is 1. The molecule has 1 saturated heterocycles. The molecule has 0 saturated carbocycles. The highest BCUT2D eigenvalue weighted by atomic mass is 35.5. The van der Waals surface area contributed by atoms with Gasteiger partial charge in [0.15, 0.2) is 0 Å². The number of aromatic carboxylic acids is 1. The quantitative estimate of drug-likeness (QED) is 0.894. The van der Waals surface area contributed by atoms with Crippen LogP contribution in [0.1, 0.15) is 30.1 Å². The number of carboxylic acid groups (broad SMARTS) is 1. The third-order valence-corrected chi connectivity index (χ3v) is 3.15. The Labute approximate surface area is 115 Å². The number of ether oxygens (including phenoxy) is 1. The molecule has 6 heteroatoms. The Morgan fingerprint density at radius 3 is 2.68 bits per heavy atom. The van der Waals surface area contributed by atoms with Crippen molar-refractivity contribution < 1.29 is 19.4 Å². The standard InChI is InChI=1S/C13H14ClNO4/c1-7-2-3-11(19-7)12(16)15-10-5-8(13(17)18)4-9(14)6-10/h4-7,11H,2-3H2,1H3,(H,15,16)(H,17,18). The molecule has 102 valence electrons. The van der Waals surface area contributed by atoms with Crippen LogP contribution in [0.5, 0.6) is 0 Å². The van der Waals surface area contributed by atoms with Gasteiger partial charge in [-0.05, 0) is 38.0 Å². The van der Waals surface area contributed by atoms with E-state index in [0.29, 0.717) is 12.1 Å². The summed E-state index contributed by atoms with van der Waals surface area (Å²) in [4.78, 5) is 22.8. The van der Waals surface area contributed by atoms with Crippen molar-refractivity contribution in [3.8, 4) is 0 Å². The summed E-state index contributed by atoms with van der Waals surface area (Å²) in [6, 6.07) is 4.20. The molecule has 1 aliphatic rings. The lowest BCUT2D eigenvalue weighted by Crippen LogP contribution is -2.27. The number of rotatable bonds is 3. The van der Waals surface area contributed by atoms with Crippen LogP contribution in [0.2, 0.25) is 5.02 Å². The monoisotopic (exact) mass is 283 g/mol. The third kappa shape index (κ3) is 3.45. The van der Waals surface area contributed by atoms with E-state index in [1.807, 2.05) is 6.92 Å². The van der Waals surface area contributed by atoms with Crippen LogP contribution in [-0.2, 0) is 9.53 Å². The summed E-state index contributed by atoms with van der Waals surface area (Å²) in [5.41, 5.74) is 0.390. The molecule has 5 nitrogen and oxygen atoms in total. The SMILES string of the molecule is CC1CCC(C(=O)Nc2cc(Cl)cc(C(=O)O)c2)O1. The Morgan fingerprint density at radius 2 is 2.11 bits per heavy atom. The molecular weight excluding hydrogens is 270 g/mol. The van der Waals surface area contributed by atoms with Gasteiger partial charge in [-0.2, -0.15) is 0 Å². The highest BCUT2D eigenvalue weighted by Crippen LogP contribution is 2.23. The maximum Gasteiger partial charge on any atom is 0.335 e. The molecule has 1 aliphatic heterocycles. The summed E-state index contributed by atoms with van der Waals surface area (Å²) < 4.78 is 5.44. The van der Waals surface area contributed by atoms with Crippen molar-refractivity contribution in [2.45, 2.75) is 32.0 Å². The first kappa shape index (κ1) is 13.8. The van der Waals surface area contributed by atoms with E-state index >= 15 is 0 Å². The lowest BCUT2D eigenvalue weighted by Gasteiger charge is -2.12. The molecule has 1 aromatic rings. The van der Waals surface area contributed by atoms with E-state index in [9.17, 15) is 9.59 Å². The van der Waals surface area contributed by atoms with Crippen LogP contribution in [0.25, 0.3) is 0 Å². The van der Waals surface area contributed by atoms with Crippen LogP contribution in [-0.4, -0.2) is 29.2 Å². The van der Waals surface area contributed by atoms with E-state index in [1.54, 1.807) is 0 Å². The maximum atomic E-state index is 11.9. The minimum atomic E-state index is -1.09. The highest BCUT2D eigenvalue weighted by molar-refractivity contribution is 6.31. The molecule has 2 N–H and O–H groups in total. The fraction of sp³-hybridized carbons (Fsp3) is 0.385. The normalized spacial score (nSPS) is 22.2. The van der Waals surface area contributed by atoms with Crippen molar-refractivity contribution in [2.75, 3.05) is 5.32 Å². The van der Waals surface area contributed by atoms with Gasteiger partial charge in [-0.25, -0.2) is 4.79 Å². The zero-order chi connectivity index (χ0) is 14.0. The number of anilines is 1. The molecule has 1 amide bonds. The zero-order valence-corrected chi connectivity index (χ0v) is 11.1. The van der Waals surface area contributed by atoms with Gasteiger partial charge in [0.2, 0.25) is 0 Å². The second-order valence-electron chi connectivity index (χ2n) is 4.54. The van der Waals surface area contributed by atoms with Gasteiger partial charge in [0.25, 0.3) is 5.91 Å². The van der Waals surface area contributed by atoms with Crippen LogP contribution in [0.3, 0.4) is 0 Å². The van der Waals surface area contributed by atoms with Crippen molar-refractivity contribution in [1.82, 2.24) is 0 Å². The first-order valence-electron chi connectivity index (χ1n) is 5.96. The van der Waals surface area contributed by atoms with Gasteiger partial charge < -0.3 is 15.2 Å². The highest BCUT2D eigenvalue weighted by Gasteiger charge is 2.28. The van der Waals surface area contributed by atoms with Gasteiger partial charge in [0.1, 0.15) is 6.10 Å². The van der Waals surface area contributed by atoms with Crippen LogP contribution >= 0.6 is 11.6 Å². The summed E-state index contributed by atoms with van der Waals surface area (Å²) in [6.45, 7) is 1.91. The first-order chi connectivity index (χ1) is 8.95. The molecule has 2 rings (SSSR count). The molecule has 1 heterocycles. The predicted molar refractivity (Wildman–Crippen MR) is 70.6 cm³/mol. The van der Waals surface area contributed by atoms with E-state index in [0.717, 1.165) is 6.42 Å². The molecule has 0 radical (unpaired) electrons. The molecule has 0 spiro atoms. The van der Waals surface area contributed by atoms with Crippen LogP contribution in [0.15, 0.2) is 18.2 Å². The predicted octanol–water partition coefficient (Wildman–Crippen LogP) is 2.54. The Morgan fingerprint density at radius 1 is 1.37 bits per heavy atom. The van der Waals surface area contributed by atoms with Crippen molar-refractivity contribution >= 4 is 29.2 Å². The maximum absolute atomic E-state index is 11.9. The number of carbonyl (C=O) groups excluding carboxylic acids is 1. The van der Waals surface area contributed by atoms with E-state index in [4.69, 9.17) is 21.4 Å². The molecule has 19 heavy (non-hydrogen) atoms. The molecular formula is C13H14ClNO4. The van der Waals surface area contributed by atoms with Gasteiger partial charge in [0, 0.05) is 10.7 Å². The molecule has 0 aromatic heterocycles. The van der Waals surface area contributed by atoms with Crippen molar-refractivity contribution in [3.63, 3.8) is 0 Å². The largest absolute Gasteiger partial charge is 0.478 e. The second-order valence-corrected chi connectivity index (χ2v) is 4.97. The van der Waals surface area contributed by atoms with Gasteiger partial charge >= 0.3 is 5.97 Å². The Hall–Kier alpha value is -1.59. The van der Waals surface area contributed by atoms with Gasteiger partial charge in [0.05, 0.1) is 11.7 Å². The van der Waals surface area contributed by atoms with Crippen LogP contribution in [0, 0.1) is 0 Å². The number of carbonyl (C=O) groups is 2. The molecule has 2 atom stereocenters. The van der Waals surface area contributed by atoms with Crippen molar-refractivity contribution in [3.05, 3.63) is 28.8 Å². The van der Waals surface area contributed by atoms with Crippen molar-refractivity contribution in [1.29, 1.82) is 0 Å². The van der Waals surface area contributed by atoms with Gasteiger partial charge in [-0.3, -0.25) is 4.79 Å². The average molecular weight is 284 g/mol. The first-order valence-corrected chi connectivity index (χ1v) is 6.33. The number of carboxylic acids is 1. The number of hydrogen-bond donors (Lipinski definition) is 2. The smallest absolute Gasteiger partial charge is 0.335 e. The van der Waals surface area contributed by atoms with Crippen LogP contribution < -0.4 is 5.32 Å². The lowest BCUT2D eigenvalue weighted by atomic mass is 10.1. The Kier molecular flexibility index (Phi) is 4.07. The summed E-state index contributed by atoms with van der Waals surface area (Å²) >= 11 is 5.81. The van der Waals surface area contributed by atoms with E-state index < -0.39 is 12.1 Å². The molecule has 1 aromatic carbocycles. The topological polar surface area (TPSA) is 75.6 Å². The zero-order valence-electron chi connectivity index (χ0n) is 10.4. The van der Waals surface area contributed by atoms with E-state index in [1.165, 1.54) is 18.2 Å². The number of amides is 1. The minimum Gasteiger partial charge on any atom is -0.478 e. The van der Waals surface area contributed by atoms with Gasteiger partial charge in [-0.1, -0.05) is 11.6 Å². The Balaban J connectivity index is 2.10. The molecule has 2 unspecified atom stereocenters. The van der Waals surface area contributed by atoms with Crippen LogP contribution in [0.4, 0.5) is 5.69 Å². The number of hydrogen-bond acceptors (Lipinski definition) is 3. The number of benzene rings is 1. The molecule has 0 bridgehead atoms.